The van der Waals surface area contributed by atoms with Crippen LogP contribution in [-0.4, -0.2) is 18.0 Å². The van der Waals surface area contributed by atoms with Crippen molar-refractivity contribution in [3.05, 3.63) is 76.2 Å². The van der Waals surface area contributed by atoms with Crippen molar-refractivity contribution in [2.24, 2.45) is 0 Å². The Morgan fingerprint density at radius 1 is 1.00 bits per heavy atom. The molecule has 29 heavy (non-hydrogen) atoms. The van der Waals surface area contributed by atoms with Gasteiger partial charge in [0, 0.05) is 10.4 Å². The lowest BCUT2D eigenvalue weighted by molar-refractivity contribution is 0.0378. The average Bonchev–Trinajstić information content (AvgIpc) is 3.03. The standard InChI is InChI=1S/C24H25NO3S/c1-5-20-16(4)29-23(21(20)24(27)28-15(2)3)25-22(26)19-13-11-18(12-14-19)17-9-7-6-8-10-17/h6-15H,5H2,1-4H3,(H,25,26). The quantitative estimate of drug-likeness (QED) is 0.502. The van der Waals surface area contributed by atoms with E-state index in [-0.39, 0.29) is 12.0 Å². The number of hydrogen-bond donors (Lipinski definition) is 1. The zero-order valence-corrected chi connectivity index (χ0v) is 17.9. The Morgan fingerprint density at radius 3 is 2.21 bits per heavy atom. The molecule has 0 saturated heterocycles. The maximum absolute atomic E-state index is 12.8. The molecule has 3 rings (SSSR count). The molecule has 4 nitrogen and oxygen atoms in total. The zero-order valence-electron chi connectivity index (χ0n) is 17.1. The second kappa shape index (κ2) is 9.05. The SMILES string of the molecule is CCc1c(C)sc(NC(=O)c2ccc(-c3ccccc3)cc2)c1C(=O)OC(C)C. The van der Waals surface area contributed by atoms with E-state index in [9.17, 15) is 9.59 Å². The van der Waals surface area contributed by atoms with Crippen LogP contribution in [0, 0.1) is 6.92 Å². The molecule has 2 aromatic carbocycles. The van der Waals surface area contributed by atoms with Gasteiger partial charge in [0.15, 0.2) is 0 Å². The molecular formula is C24H25NO3S. The van der Waals surface area contributed by atoms with Crippen LogP contribution in [0.1, 0.15) is 51.9 Å². The molecular weight excluding hydrogens is 382 g/mol. The number of ether oxygens (including phenoxy) is 1. The number of nitrogens with one attached hydrogen (secondary N) is 1. The topological polar surface area (TPSA) is 55.4 Å². The van der Waals surface area contributed by atoms with E-state index in [0.717, 1.165) is 21.6 Å². The van der Waals surface area contributed by atoms with Crippen LogP contribution in [0.15, 0.2) is 54.6 Å². The number of anilines is 1. The summed E-state index contributed by atoms with van der Waals surface area (Å²) in [5.74, 6) is -0.636. The van der Waals surface area contributed by atoms with Gasteiger partial charge < -0.3 is 10.1 Å². The van der Waals surface area contributed by atoms with Crippen molar-refractivity contribution < 1.29 is 14.3 Å². The third kappa shape index (κ3) is 4.74. The van der Waals surface area contributed by atoms with E-state index in [2.05, 4.69) is 5.32 Å². The van der Waals surface area contributed by atoms with Crippen LogP contribution >= 0.6 is 11.3 Å². The van der Waals surface area contributed by atoms with Gasteiger partial charge in [0.1, 0.15) is 5.00 Å². The van der Waals surface area contributed by atoms with Crippen LogP contribution in [0.3, 0.4) is 0 Å². The Morgan fingerprint density at radius 2 is 1.62 bits per heavy atom. The highest BCUT2D eigenvalue weighted by molar-refractivity contribution is 7.16. The van der Waals surface area contributed by atoms with Crippen LogP contribution < -0.4 is 5.32 Å². The van der Waals surface area contributed by atoms with Crippen LogP contribution in [0.5, 0.6) is 0 Å². The van der Waals surface area contributed by atoms with Crippen LogP contribution in [0.25, 0.3) is 11.1 Å². The summed E-state index contributed by atoms with van der Waals surface area (Å²) in [6.45, 7) is 7.58. The minimum absolute atomic E-state index is 0.221. The van der Waals surface area contributed by atoms with Gasteiger partial charge in [0.05, 0.1) is 11.7 Å². The van der Waals surface area contributed by atoms with Gasteiger partial charge in [-0.2, -0.15) is 0 Å². The Balaban J connectivity index is 1.84. The predicted molar refractivity (Wildman–Crippen MR) is 119 cm³/mol. The first-order chi connectivity index (χ1) is 13.9. The molecule has 3 aromatic rings. The molecule has 150 valence electrons. The molecule has 0 radical (unpaired) electrons. The van der Waals surface area contributed by atoms with Gasteiger partial charge in [-0.05, 0) is 56.0 Å². The van der Waals surface area contributed by atoms with Gasteiger partial charge >= 0.3 is 5.97 Å². The fraction of sp³-hybridized carbons (Fsp3) is 0.250. The fourth-order valence-electron chi connectivity index (χ4n) is 3.20. The molecule has 0 atom stereocenters. The highest BCUT2D eigenvalue weighted by Crippen LogP contribution is 2.34. The lowest BCUT2D eigenvalue weighted by Crippen LogP contribution is -2.17. The number of thiophene rings is 1. The van der Waals surface area contributed by atoms with Crippen LogP contribution in [0.4, 0.5) is 5.00 Å². The van der Waals surface area contributed by atoms with E-state index in [4.69, 9.17) is 4.74 Å². The summed E-state index contributed by atoms with van der Waals surface area (Å²) in [7, 11) is 0. The number of benzene rings is 2. The second-order valence-corrected chi connectivity index (χ2v) is 8.27. The molecule has 0 aliphatic heterocycles. The molecule has 0 fully saturated rings. The first-order valence-electron chi connectivity index (χ1n) is 9.70. The summed E-state index contributed by atoms with van der Waals surface area (Å²) >= 11 is 1.41. The first kappa shape index (κ1) is 20.8. The van der Waals surface area contributed by atoms with Gasteiger partial charge in [-0.15, -0.1) is 11.3 Å². The van der Waals surface area contributed by atoms with E-state index in [0.29, 0.717) is 22.5 Å². The molecule has 0 spiro atoms. The molecule has 1 heterocycles. The summed E-state index contributed by atoms with van der Waals surface area (Å²) in [4.78, 5) is 26.4. The largest absolute Gasteiger partial charge is 0.459 e. The first-order valence-corrected chi connectivity index (χ1v) is 10.5. The van der Waals surface area contributed by atoms with Crippen molar-refractivity contribution in [1.29, 1.82) is 0 Å². The number of carbonyl (C=O) groups excluding carboxylic acids is 2. The van der Waals surface area contributed by atoms with Crippen molar-refractivity contribution in [3.63, 3.8) is 0 Å². The van der Waals surface area contributed by atoms with Crippen molar-refractivity contribution in [2.45, 2.75) is 40.2 Å². The summed E-state index contributed by atoms with van der Waals surface area (Å²) in [6, 6.07) is 17.4. The molecule has 0 aliphatic carbocycles. The molecule has 5 heteroatoms. The Kier molecular flexibility index (Phi) is 6.49. The lowest BCUT2D eigenvalue weighted by Gasteiger charge is -2.11. The monoisotopic (exact) mass is 407 g/mol. The number of rotatable bonds is 6. The summed E-state index contributed by atoms with van der Waals surface area (Å²) < 4.78 is 5.40. The summed E-state index contributed by atoms with van der Waals surface area (Å²) in [5.41, 5.74) is 4.08. The van der Waals surface area contributed by atoms with Gasteiger partial charge in [0.2, 0.25) is 0 Å². The Hall–Kier alpha value is -2.92. The third-order valence-electron chi connectivity index (χ3n) is 4.59. The third-order valence-corrected chi connectivity index (χ3v) is 5.65. The molecule has 0 bridgehead atoms. The normalized spacial score (nSPS) is 10.8. The van der Waals surface area contributed by atoms with E-state index in [1.807, 2.05) is 70.2 Å². The number of amides is 1. The Labute approximate surface area is 175 Å². The molecule has 0 aliphatic rings. The van der Waals surface area contributed by atoms with Gasteiger partial charge in [-0.1, -0.05) is 49.4 Å². The number of carbonyl (C=O) groups is 2. The average molecular weight is 408 g/mol. The molecule has 1 amide bonds. The number of aryl methyl sites for hydroxylation is 1. The van der Waals surface area contributed by atoms with Crippen molar-refractivity contribution in [3.8, 4) is 11.1 Å². The van der Waals surface area contributed by atoms with Crippen LogP contribution in [0.2, 0.25) is 0 Å². The number of esters is 1. The number of hydrogen-bond acceptors (Lipinski definition) is 4. The van der Waals surface area contributed by atoms with E-state index < -0.39 is 5.97 Å². The predicted octanol–water partition coefficient (Wildman–Crippen LogP) is 6.10. The summed E-state index contributed by atoms with van der Waals surface area (Å²) in [6.07, 6.45) is 0.480. The highest BCUT2D eigenvalue weighted by Gasteiger charge is 2.24. The van der Waals surface area contributed by atoms with Crippen LogP contribution in [-0.2, 0) is 11.2 Å². The highest BCUT2D eigenvalue weighted by atomic mass is 32.1. The maximum atomic E-state index is 12.8. The van der Waals surface area contributed by atoms with Gasteiger partial charge in [-0.3, -0.25) is 4.79 Å². The molecule has 1 aromatic heterocycles. The van der Waals surface area contributed by atoms with Crippen molar-refractivity contribution in [1.82, 2.24) is 0 Å². The van der Waals surface area contributed by atoms with Gasteiger partial charge in [0.25, 0.3) is 5.91 Å². The molecule has 0 saturated carbocycles. The Bertz CT molecular complexity index is 1000. The smallest absolute Gasteiger partial charge is 0.341 e. The van der Waals surface area contributed by atoms with Crippen molar-refractivity contribution in [2.75, 3.05) is 5.32 Å². The van der Waals surface area contributed by atoms with E-state index >= 15 is 0 Å². The minimum atomic E-state index is -0.393. The fourth-order valence-corrected chi connectivity index (χ4v) is 4.33. The van der Waals surface area contributed by atoms with Crippen molar-refractivity contribution >= 4 is 28.2 Å². The van der Waals surface area contributed by atoms with Gasteiger partial charge in [-0.25, -0.2) is 4.79 Å². The molecule has 0 unspecified atom stereocenters. The second-order valence-electron chi connectivity index (χ2n) is 7.05. The lowest BCUT2D eigenvalue weighted by atomic mass is 10.0. The van der Waals surface area contributed by atoms with E-state index in [1.54, 1.807) is 12.1 Å². The summed E-state index contributed by atoms with van der Waals surface area (Å²) in [5, 5.41) is 3.46. The molecule has 1 N–H and O–H groups in total. The minimum Gasteiger partial charge on any atom is -0.459 e. The maximum Gasteiger partial charge on any atom is 0.341 e. The zero-order chi connectivity index (χ0) is 21.0. The van der Waals surface area contributed by atoms with E-state index in [1.165, 1.54) is 11.3 Å².